The SMILES string of the molecule is Cc1cccc(OCCC(=O)OCC(=O)Nc2ccc(OC(F)(F)F)cc2)c1. The minimum Gasteiger partial charge on any atom is -0.493 e. The molecule has 2 rings (SSSR count). The molecule has 0 aliphatic rings. The van der Waals surface area contributed by atoms with Crippen molar-refractivity contribution in [3.05, 3.63) is 54.1 Å². The molecule has 2 aromatic carbocycles. The number of carbonyl (C=O) groups excluding carboxylic acids is 2. The summed E-state index contributed by atoms with van der Waals surface area (Å²) in [5, 5.41) is 2.39. The Kier molecular flexibility index (Phi) is 7.25. The highest BCUT2D eigenvalue weighted by Gasteiger charge is 2.30. The van der Waals surface area contributed by atoms with E-state index in [1.807, 2.05) is 25.1 Å². The summed E-state index contributed by atoms with van der Waals surface area (Å²) < 4.78 is 50.2. The third kappa shape index (κ3) is 7.98. The standard InChI is InChI=1S/C19H18F3NO5/c1-13-3-2-4-16(11-13)26-10-9-18(25)27-12-17(24)23-14-5-7-15(8-6-14)28-19(20,21)22/h2-8,11H,9-10,12H2,1H3,(H,23,24). The lowest BCUT2D eigenvalue weighted by molar-refractivity contribution is -0.274. The lowest BCUT2D eigenvalue weighted by Gasteiger charge is -2.10. The summed E-state index contributed by atoms with van der Waals surface area (Å²) in [7, 11) is 0. The molecule has 0 saturated carbocycles. The Balaban J connectivity index is 1.68. The van der Waals surface area contributed by atoms with Crippen molar-refractivity contribution in [2.45, 2.75) is 19.7 Å². The van der Waals surface area contributed by atoms with Crippen LogP contribution in [0.15, 0.2) is 48.5 Å². The molecule has 1 amide bonds. The molecule has 2 aromatic rings. The molecule has 0 unspecified atom stereocenters. The number of hydrogen-bond donors (Lipinski definition) is 1. The number of anilines is 1. The van der Waals surface area contributed by atoms with Crippen LogP contribution in [0.1, 0.15) is 12.0 Å². The van der Waals surface area contributed by atoms with Gasteiger partial charge in [0.05, 0.1) is 13.0 Å². The van der Waals surface area contributed by atoms with Crippen molar-refractivity contribution in [3.8, 4) is 11.5 Å². The third-order valence-electron chi connectivity index (χ3n) is 3.30. The Morgan fingerprint density at radius 2 is 1.75 bits per heavy atom. The molecule has 28 heavy (non-hydrogen) atoms. The van der Waals surface area contributed by atoms with Crippen LogP contribution in [-0.4, -0.2) is 31.5 Å². The largest absolute Gasteiger partial charge is 0.573 e. The van der Waals surface area contributed by atoms with Crippen LogP contribution >= 0.6 is 0 Å². The fraction of sp³-hybridized carbons (Fsp3) is 0.263. The lowest BCUT2D eigenvalue weighted by atomic mass is 10.2. The highest BCUT2D eigenvalue weighted by atomic mass is 19.4. The first-order valence-corrected chi connectivity index (χ1v) is 8.22. The number of amides is 1. The fourth-order valence-corrected chi connectivity index (χ4v) is 2.11. The van der Waals surface area contributed by atoms with Gasteiger partial charge in [0.25, 0.3) is 5.91 Å². The maximum absolute atomic E-state index is 12.1. The average molecular weight is 397 g/mol. The summed E-state index contributed by atoms with van der Waals surface area (Å²) in [5.74, 6) is -1.02. The number of aryl methyl sites for hydroxylation is 1. The monoisotopic (exact) mass is 397 g/mol. The number of esters is 1. The molecule has 0 aliphatic heterocycles. The van der Waals surface area contributed by atoms with Crippen LogP contribution in [0.3, 0.4) is 0 Å². The van der Waals surface area contributed by atoms with E-state index >= 15 is 0 Å². The van der Waals surface area contributed by atoms with Crippen molar-refractivity contribution < 1.29 is 37.0 Å². The second-order valence-corrected chi connectivity index (χ2v) is 5.70. The van der Waals surface area contributed by atoms with E-state index in [1.165, 1.54) is 12.1 Å². The van der Waals surface area contributed by atoms with Crippen LogP contribution in [0.5, 0.6) is 11.5 Å². The smallest absolute Gasteiger partial charge is 0.493 e. The van der Waals surface area contributed by atoms with E-state index in [-0.39, 0.29) is 18.7 Å². The molecule has 0 aromatic heterocycles. The van der Waals surface area contributed by atoms with Gasteiger partial charge in [-0.1, -0.05) is 12.1 Å². The quantitative estimate of drug-likeness (QED) is 0.685. The zero-order chi connectivity index (χ0) is 20.6. The fourth-order valence-electron chi connectivity index (χ4n) is 2.11. The van der Waals surface area contributed by atoms with Crippen LogP contribution < -0.4 is 14.8 Å². The first-order chi connectivity index (χ1) is 13.2. The number of benzene rings is 2. The molecular formula is C19H18F3NO5. The predicted octanol–water partition coefficient (Wildman–Crippen LogP) is 3.84. The van der Waals surface area contributed by atoms with E-state index in [0.29, 0.717) is 5.75 Å². The zero-order valence-electron chi connectivity index (χ0n) is 14.9. The molecule has 0 saturated heterocycles. The summed E-state index contributed by atoms with van der Waals surface area (Å²) in [6.45, 7) is 1.49. The summed E-state index contributed by atoms with van der Waals surface area (Å²) in [5.41, 5.74) is 1.26. The van der Waals surface area contributed by atoms with Crippen LogP contribution in [0.4, 0.5) is 18.9 Å². The van der Waals surface area contributed by atoms with Crippen molar-refractivity contribution in [3.63, 3.8) is 0 Å². The van der Waals surface area contributed by atoms with Crippen molar-refractivity contribution in [2.24, 2.45) is 0 Å². The topological polar surface area (TPSA) is 73.9 Å². The maximum atomic E-state index is 12.1. The molecule has 0 heterocycles. The minimum absolute atomic E-state index is 0.0370. The van der Waals surface area contributed by atoms with Gasteiger partial charge < -0.3 is 19.5 Å². The van der Waals surface area contributed by atoms with E-state index in [4.69, 9.17) is 9.47 Å². The Morgan fingerprint density at radius 1 is 1.04 bits per heavy atom. The van der Waals surface area contributed by atoms with Crippen molar-refractivity contribution in [2.75, 3.05) is 18.5 Å². The van der Waals surface area contributed by atoms with E-state index in [0.717, 1.165) is 17.7 Å². The molecule has 9 heteroatoms. The summed E-state index contributed by atoms with van der Waals surface area (Å²) in [6.07, 6.45) is -4.83. The predicted molar refractivity (Wildman–Crippen MR) is 94.0 cm³/mol. The minimum atomic E-state index is -4.79. The molecule has 150 valence electrons. The van der Waals surface area contributed by atoms with Crippen molar-refractivity contribution in [1.82, 2.24) is 0 Å². The van der Waals surface area contributed by atoms with Gasteiger partial charge in [-0.25, -0.2) is 0 Å². The first kappa shape index (κ1) is 21.1. The van der Waals surface area contributed by atoms with Gasteiger partial charge in [0.2, 0.25) is 0 Å². The first-order valence-electron chi connectivity index (χ1n) is 8.22. The van der Waals surface area contributed by atoms with Crippen LogP contribution in [0.25, 0.3) is 0 Å². The third-order valence-corrected chi connectivity index (χ3v) is 3.30. The summed E-state index contributed by atoms with van der Waals surface area (Å²) in [4.78, 5) is 23.4. The van der Waals surface area contributed by atoms with Gasteiger partial charge in [-0.3, -0.25) is 9.59 Å². The molecular weight excluding hydrogens is 379 g/mol. The van der Waals surface area contributed by atoms with Crippen LogP contribution in [0, 0.1) is 6.92 Å². The Hall–Kier alpha value is -3.23. The van der Waals surface area contributed by atoms with E-state index < -0.39 is 30.6 Å². The Bertz CT molecular complexity index is 806. The van der Waals surface area contributed by atoms with Gasteiger partial charge in [0.1, 0.15) is 11.5 Å². The lowest BCUT2D eigenvalue weighted by Crippen LogP contribution is -2.21. The van der Waals surface area contributed by atoms with Gasteiger partial charge in [0, 0.05) is 5.69 Å². The molecule has 1 N–H and O–H groups in total. The Labute approximate surface area is 159 Å². The van der Waals surface area contributed by atoms with E-state index in [9.17, 15) is 22.8 Å². The number of ether oxygens (including phenoxy) is 3. The van der Waals surface area contributed by atoms with Crippen molar-refractivity contribution in [1.29, 1.82) is 0 Å². The molecule has 0 spiro atoms. The zero-order valence-corrected chi connectivity index (χ0v) is 14.9. The number of halogens is 3. The van der Waals surface area contributed by atoms with Crippen molar-refractivity contribution >= 4 is 17.6 Å². The second-order valence-electron chi connectivity index (χ2n) is 5.70. The second kappa shape index (κ2) is 9.63. The number of nitrogens with one attached hydrogen (secondary N) is 1. The molecule has 6 nitrogen and oxygen atoms in total. The molecule has 0 bridgehead atoms. The molecule has 0 fully saturated rings. The van der Waals surface area contributed by atoms with Crippen LogP contribution in [0.2, 0.25) is 0 Å². The van der Waals surface area contributed by atoms with Gasteiger partial charge >= 0.3 is 12.3 Å². The number of hydrogen-bond acceptors (Lipinski definition) is 5. The molecule has 0 radical (unpaired) electrons. The van der Waals surface area contributed by atoms with Gasteiger partial charge in [-0.05, 0) is 48.9 Å². The van der Waals surface area contributed by atoms with Gasteiger partial charge in [-0.2, -0.15) is 0 Å². The highest BCUT2D eigenvalue weighted by molar-refractivity contribution is 5.92. The average Bonchev–Trinajstić information content (AvgIpc) is 2.60. The summed E-state index contributed by atoms with van der Waals surface area (Å²) in [6, 6.07) is 11.9. The van der Waals surface area contributed by atoms with Gasteiger partial charge in [0.15, 0.2) is 6.61 Å². The van der Waals surface area contributed by atoms with E-state index in [1.54, 1.807) is 6.07 Å². The van der Waals surface area contributed by atoms with E-state index in [2.05, 4.69) is 10.1 Å². The van der Waals surface area contributed by atoms with Gasteiger partial charge in [-0.15, -0.1) is 13.2 Å². The highest BCUT2D eigenvalue weighted by Crippen LogP contribution is 2.23. The molecule has 0 atom stereocenters. The Morgan fingerprint density at radius 3 is 2.39 bits per heavy atom. The maximum Gasteiger partial charge on any atom is 0.573 e. The van der Waals surface area contributed by atoms with Crippen LogP contribution in [-0.2, 0) is 14.3 Å². The number of rotatable bonds is 8. The number of alkyl halides is 3. The molecule has 0 aliphatic carbocycles. The number of carbonyl (C=O) groups is 2. The normalized spacial score (nSPS) is 10.9. The summed E-state index contributed by atoms with van der Waals surface area (Å²) >= 11 is 0.